The first-order valence-corrected chi connectivity index (χ1v) is 6.96. The third-order valence-electron chi connectivity index (χ3n) is 3.86. The van der Waals surface area contributed by atoms with Gasteiger partial charge in [-0.15, -0.1) is 0 Å². The molecule has 1 saturated carbocycles. The topological polar surface area (TPSA) is 82.2 Å². The first-order valence-electron chi connectivity index (χ1n) is 6.96. The van der Waals surface area contributed by atoms with E-state index in [1.54, 1.807) is 18.8 Å². The largest absolute Gasteiger partial charge is 0.379 e. The van der Waals surface area contributed by atoms with Crippen LogP contribution in [0.5, 0.6) is 0 Å². The zero-order chi connectivity index (χ0) is 14.9. The molecule has 0 aliphatic heterocycles. The average molecular weight is 282 g/mol. The quantitative estimate of drug-likeness (QED) is 0.662. The van der Waals surface area contributed by atoms with Crippen molar-refractivity contribution in [2.24, 2.45) is 7.05 Å². The first-order chi connectivity index (χ1) is 9.45. The standard InChI is InChI=1S/C13H22N4O3/c1-8(2)11-12(17(18)19)13(16(3)15-11)14-9-6-5-7-10(9)20-4/h8-10,14H,5-7H2,1-4H3. The van der Waals surface area contributed by atoms with Crippen molar-refractivity contribution in [3.05, 3.63) is 15.8 Å². The highest BCUT2D eigenvalue weighted by atomic mass is 16.6. The second-order valence-corrected chi connectivity index (χ2v) is 5.57. The van der Waals surface area contributed by atoms with Crippen LogP contribution in [-0.4, -0.2) is 34.0 Å². The number of hydrogen-bond acceptors (Lipinski definition) is 5. The summed E-state index contributed by atoms with van der Waals surface area (Å²) >= 11 is 0. The van der Waals surface area contributed by atoms with E-state index in [0.717, 1.165) is 19.3 Å². The lowest BCUT2D eigenvalue weighted by molar-refractivity contribution is -0.384. The molecule has 1 N–H and O–H groups in total. The Balaban J connectivity index is 2.33. The van der Waals surface area contributed by atoms with Crippen LogP contribution in [0.15, 0.2) is 0 Å². The van der Waals surface area contributed by atoms with Gasteiger partial charge < -0.3 is 10.1 Å². The fraction of sp³-hybridized carbons (Fsp3) is 0.769. The van der Waals surface area contributed by atoms with Gasteiger partial charge in [0.15, 0.2) is 0 Å². The molecular weight excluding hydrogens is 260 g/mol. The highest BCUT2D eigenvalue weighted by Gasteiger charge is 2.33. The monoisotopic (exact) mass is 282 g/mol. The Bertz CT molecular complexity index is 498. The molecule has 0 aromatic carbocycles. The van der Waals surface area contributed by atoms with Gasteiger partial charge in [-0.3, -0.25) is 10.1 Å². The molecule has 2 unspecified atom stereocenters. The summed E-state index contributed by atoms with van der Waals surface area (Å²) < 4.78 is 7.00. The molecule has 1 aromatic heterocycles. The second-order valence-electron chi connectivity index (χ2n) is 5.57. The summed E-state index contributed by atoms with van der Waals surface area (Å²) in [6, 6.07) is 0.106. The minimum absolute atomic E-state index is 0.0129. The van der Waals surface area contributed by atoms with Crippen molar-refractivity contribution >= 4 is 11.5 Å². The number of nitrogens with one attached hydrogen (secondary N) is 1. The number of ether oxygens (including phenoxy) is 1. The molecule has 1 fully saturated rings. The number of nitrogens with zero attached hydrogens (tertiary/aromatic N) is 3. The lowest BCUT2D eigenvalue weighted by atomic mass is 10.1. The Hall–Kier alpha value is -1.63. The Labute approximate surface area is 118 Å². The van der Waals surface area contributed by atoms with E-state index in [0.29, 0.717) is 11.5 Å². The van der Waals surface area contributed by atoms with Crippen molar-refractivity contribution < 1.29 is 9.66 Å². The van der Waals surface area contributed by atoms with Gasteiger partial charge in [-0.05, 0) is 19.3 Å². The van der Waals surface area contributed by atoms with Crippen LogP contribution in [0.2, 0.25) is 0 Å². The molecular formula is C13H22N4O3. The van der Waals surface area contributed by atoms with Crippen LogP contribution in [0.4, 0.5) is 11.5 Å². The van der Waals surface area contributed by atoms with E-state index in [1.807, 2.05) is 13.8 Å². The molecule has 7 heteroatoms. The molecule has 1 aliphatic rings. The second kappa shape index (κ2) is 5.78. The van der Waals surface area contributed by atoms with Gasteiger partial charge in [0, 0.05) is 20.1 Å². The van der Waals surface area contributed by atoms with Gasteiger partial charge in [0.25, 0.3) is 0 Å². The Morgan fingerprint density at radius 3 is 2.75 bits per heavy atom. The smallest absolute Gasteiger partial charge is 0.334 e. The van der Waals surface area contributed by atoms with Gasteiger partial charge in [-0.2, -0.15) is 5.10 Å². The van der Waals surface area contributed by atoms with Crippen LogP contribution in [0.1, 0.15) is 44.7 Å². The van der Waals surface area contributed by atoms with Gasteiger partial charge in [-0.25, -0.2) is 4.68 Å². The number of rotatable bonds is 5. The Morgan fingerprint density at radius 2 is 2.20 bits per heavy atom. The summed E-state index contributed by atoms with van der Waals surface area (Å²) in [7, 11) is 3.42. The minimum Gasteiger partial charge on any atom is -0.379 e. The molecule has 0 bridgehead atoms. The van der Waals surface area contributed by atoms with Crippen LogP contribution in [0, 0.1) is 10.1 Å². The lowest BCUT2D eigenvalue weighted by Crippen LogP contribution is -2.30. The number of hydrogen-bond donors (Lipinski definition) is 1. The third-order valence-corrected chi connectivity index (χ3v) is 3.86. The van der Waals surface area contributed by atoms with Crippen LogP contribution in [0.25, 0.3) is 0 Å². The van der Waals surface area contributed by atoms with Crippen molar-refractivity contribution in [3.63, 3.8) is 0 Å². The average Bonchev–Trinajstić information content (AvgIpc) is 2.95. The predicted octanol–water partition coefficient (Wildman–Crippen LogP) is 2.43. The van der Waals surface area contributed by atoms with Gasteiger partial charge in [0.05, 0.1) is 17.1 Å². The summed E-state index contributed by atoms with van der Waals surface area (Å²) in [6.07, 6.45) is 3.11. The maximum absolute atomic E-state index is 11.4. The molecule has 112 valence electrons. The van der Waals surface area contributed by atoms with E-state index in [-0.39, 0.29) is 28.7 Å². The summed E-state index contributed by atoms with van der Waals surface area (Å²) in [6.45, 7) is 3.82. The first kappa shape index (κ1) is 14.8. The van der Waals surface area contributed by atoms with Crippen molar-refractivity contribution in [3.8, 4) is 0 Å². The number of anilines is 1. The zero-order valence-electron chi connectivity index (χ0n) is 12.4. The molecule has 1 aromatic rings. The summed E-state index contributed by atoms with van der Waals surface area (Å²) in [5.74, 6) is 0.492. The van der Waals surface area contributed by atoms with Crippen LogP contribution >= 0.6 is 0 Å². The van der Waals surface area contributed by atoms with E-state index in [4.69, 9.17) is 4.74 Å². The number of nitro groups is 1. The molecule has 0 radical (unpaired) electrons. The van der Waals surface area contributed by atoms with Gasteiger partial charge in [0.1, 0.15) is 5.69 Å². The zero-order valence-corrected chi connectivity index (χ0v) is 12.4. The SMILES string of the molecule is COC1CCCC1Nc1c([N+](=O)[O-])c(C(C)C)nn1C. The number of aromatic nitrogens is 2. The van der Waals surface area contributed by atoms with Crippen LogP contribution in [0.3, 0.4) is 0 Å². The van der Waals surface area contributed by atoms with E-state index in [9.17, 15) is 10.1 Å². The van der Waals surface area contributed by atoms with Crippen LogP contribution < -0.4 is 5.32 Å². The fourth-order valence-corrected chi connectivity index (χ4v) is 2.81. The van der Waals surface area contributed by atoms with Crippen molar-refractivity contribution in [2.45, 2.75) is 51.2 Å². The minimum atomic E-state index is -0.346. The molecule has 20 heavy (non-hydrogen) atoms. The maximum atomic E-state index is 11.4. The van der Waals surface area contributed by atoms with E-state index >= 15 is 0 Å². The highest BCUT2D eigenvalue weighted by molar-refractivity contribution is 5.61. The van der Waals surface area contributed by atoms with Crippen LogP contribution in [-0.2, 0) is 11.8 Å². The van der Waals surface area contributed by atoms with E-state index < -0.39 is 0 Å². The van der Waals surface area contributed by atoms with E-state index in [2.05, 4.69) is 10.4 Å². The molecule has 2 atom stereocenters. The Kier molecular flexibility index (Phi) is 4.27. The maximum Gasteiger partial charge on any atom is 0.334 e. The summed E-state index contributed by atoms with van der Waals surface area (Å²) in [5.41, 5.74) is 0.608. The fourth-order valence-electron chi connectivity index (χ4n) is 2.81. The van der Waals surface area contributed by atoms with Crippen molar-refractivity contribution in [1.82, 2.24) is 9.78 Å². The summed E-state index contributed by atoms with van der Waals surface area (Å²) in [5, 5.41) is 18.9. The highest BCUT2D eigenvalue weighted by Crippen LogP contribution is 2.35. The number of aryl methyl sites for hydroxylation is 1. The third kappa shape index (κ3) is 2.63. The normalized spacial score (nSPS) is 22.4. The predicted molar refractivity (Wildman–Crippen MR) is 76.0 cm³/mol. The molecule has 0 spiro atoms. The van der Waals surface area contributed by atoms with Gasteiger partial charge in [-0.1, -0.05) is 13.8 Å². The van der Waals surface area contributed by atoms with Crippen molar-refractivity contribution in [1.29, 1.82) is 0 Å². The molecule has 7 nitrogen and oxygen atoms in total. The number of methoxy groups -OCH3 is 1. The Morgan fingerprint density at radius 1 is 1.50 bits per heavy atom. The van der Waals surface area contributed by atoms with E-state index in [1.165, 1.54) is 0 Å². The molecule has 2 rings (SSSR count). The molecule has 0 saturated heterocycles. The lowest BCUT2D eigenvalue weighted by Gasteiger charge is -2.20. The van der Waals surface area contributed by atoms with Crippen molar-refractivity contribution in [2.75, 3.05) is 12.4 Å². The molecule has 1 aliphatic carbocycles. The molecule has 0 amide bonds. The summed E-state index contributed by atoms with van der Waals surface area (Å²) in [4.78, 5) is 11.0. The molecule has 1 heterocycles. The van der Waals surface area contributed by atoms with Gasteiger partial charge >= 0.3 is 5.69 Å². The van der Waals surface area contributed by atoms with Gasteiger partial charge in [0.2, 0.25) is 5.82 Å².